The van der Waals surface area contributed by atoms with Crippen LogP contribution in [0.4, 0.5) is 0 Å². The van der Waals surface area contributed by atoms with Gasteiger partial charge < -0.3 is 5.32 Å². The van der Waals surface area contributed by atoms with Crippen LogP contribution in [0.2, 0.25) is 0 Å². The Bertz CT molecular complexity index is 616. The summed E-state index contributed by atoms with van der Waals surface area (Å²) in [5.41, 5.74) is 1.25. The molecule has 0 saturated carbocycles. The fraction of sp³-hybridized carbons (Fsp3) is 0.769. The maximum absolute atomic E-state index is 12.6. The number of fused-ring (bicyclic) bond motifs is 2. The number of halogens is 1. The first-order valence-corrected chi connectivity index (χ1v) is 8.63. The van der Waals surface area contributed by atoms with Gasteiger partial charge in [0.15, 0.2) is 0 Å². The summed E-state index contributed by atoms with van der Waals surface area (Å²) in [5.74, 6) is 0. The Labute approximate surface area is 132 Å². The van der Waals surface area contributed by atoms with E-state index in [9.17, 15) is 8.42 Å². The van der Waals surface area contributed by atoms with E-state index in [1.165, 1.54) is 0 Å². The number of hydrogen-bond donors (Lipinski definition) is 2. The van der Waals surface area contributed by atoms with E-state index in [0.717, 1.165) is 25.7 Å². The molecule has 120 valence electrons. The molecule has 2 N–H and O–H groups in total. The summed E-state index contributed by atoms with van der Waals surface area (Å²) >= 11 is 0. The van der Waals surface area contributed by atoms with Crippen molar-refractivity contribution in [2.45, 2.75) is 62.6 Å². The van der Waals surface area contributed by atoms with Crippen LogP contribution in [-0.4, -0.2) is 36.3 Å². The first-order valence-electron chi connectivity index (χ1n) is 7.15. The van der Waals surface area contributed by atoms with Gasteiger partial charge in [0.2, 0.25) is 10.0 Å². The van der Waals surface area contributed by atoms with Crippen LogP contribution in [-0.2, 0) is 17.1 Å². The van der Waals surface area contributed by atoms with Crippen molar-refractivity contribution in [3.8, 4) is 0 Å². The summed E-state index contributed by atoms with van der Waals surface area (Å²) in [6, 6.07) is 0.979. The Kier molecular flexibility index (Phi) is 4.68. The molecule has 3 heterocycles. The largest absolute Gasteiger partial charge is 0.311 e. The van der Waals surface area contributed by atoms with Gasteiger partial charge in [-0.2, -0.15) is 5.10 Å². The van der Waals surface area contributed by atoms with E-state index in [1.807, 2.05) is 0 Å². The molecule has 0 amide bonds. The zero-order valence-corrected chi connectivity index (χ0v) is 14.2. The summed E-state index contributed by atoms with van der Waals surface area (Å²) in [4.78, 5) is 0.339. The highest BCUT2D eigenvalue weighted by Gasteiger charge is 2.36. The predicted molar refractivity (Wildman–Crippen MR) is 83.2 cm³/mol. The Morgan fingerprint density at radius 1 is 1.24 bits per heavy atom. The SMILES string of the molecule is Cc1nn(C)c(C)c1S(=O)(=O)NC1CC2CCC(C1)N2.Cl. The number of aromatic nitrogens is 2. The van der Waals surface area contributed by atoms with Crippen LogP contribution < -0.4 is 10.0 Å². The molecule has 1 aromatic heterocycles. The maximum Gasteiger partial charge on any atom is 0.244 e. The van der Waals surface area contributed by atoms with Crippen molar-refractivity contribution in [3.05, 3.63) is 11.4 Å². The quantitative estimate of drug-likeness (QED) is 0.865. The summed E-state index contributed by atoms with van der Waals surface area (Å²) in [6.07, 6.45) is 4.09. The summed E-state index contributed by atoms with van der Waals surface area (Å²) in [7, 11) is -1.71. The predicted octanol–water partition coefficient (Wildman–Crippen LogP) is 1.02. The normalized spacial score (nSPS) is 28.4. The molecule has 2 atom stereocenters. The van der Waals surface area contributed by atoms with Gasteiger partial charge in [-0.15, -0.1) is 12.4 Å². The van der Waals surface area contributed by atoms with Crippen molar-refractivity contribution in [1.82, 2.24) is 19.8 Å². The third-order valence-corrected chi connectivity index (χ3v) is 6.28. The van der Waals surface area contributed by atoms with E-state index in [0.29, 0.717) is 28.4 Å². The zero-order valence-electron chi connectivity index (χ0n) is 12.6. The summed E-state index contributed by atoms with van der Waals surface area (Å²) in [5, 5.41) is 7.72. The molecule has 6 nitrogen and oxygen atoms in total. The first kappa shape index (κ1) is 16.7. The highest BCUT2D eigenvalue weighted by atomic mass is 35.5. The van der Waals surface area contributed by atoms with E-state index >= 15 is 0 Å². The van der Waals surface area contributed by atoms with Crippen molar-refractivity contribution in [2.75, 3.05) is 0 Å². The Hall–Kier alpha value is -0.630. The minimum atomic E-state index is -3.48. The average molecular weight is 335 g/mol. The van der Waals surface area contributed by atoms with Crippen LogP contribution in [0.15, 0.2) is 4.90 Å². The van der Waals surface area contributed by atoms with Crippen molar-refractivity contribution < 1.29 is 8.42 Å². The Morgan fingerprint density at radius 2 is 1.81 bits per heavy atom. The molecule has 0 aromatic carbocycles. The van der Waals surface area contributed by atoms with Gasteiger partial charge in [0.1, 0.15) is 4.90 Å². The minimum absolute atomic E-state index is 0. The molecule has 2 saturated heterocycles. The van der Waals surface area contributed by atoms with Crippen LogP contribution in [0, 0.1) is 13.8 Å². The highest BCUT2D eigenvalue weighted by molar-refractivity contribution is 7.89. The fourth-order valence-electron chi connectivity index (χ4n) is 3.57. The minimum Gasteiger partial charge on any atom is -0.311 e. The van der Waals surface area contributed by atoms with Crippen LogP contribution in [0.5, 0.6) is 0 Å². The second-order valence-corrected chi connectivity index (χ2v) is 7.70. The maximum atomic E-state index is 12.6. The molecule has 0 aliphatic carbocycles. The molecule has 2 unspecified atom stereocenters. The number of aryl methyl sites for hydroxylation is 2. The molecule has 1 aromatic rings. The van der Waals surface area contributed by atoms with Gasteiger partial charge in [-0.05, 0) is 39.5 Å². The van der Waals surface area contributed by atoms with Crippen molar-refractivity contribution in [1.29, 1.82) is 0 Å². The molecule has 2 aliphatic heterocycles. The van der Waals surface area contributed by atoms with E-state index in [-0.39, 0.29) is 18.4 Å². The zero-order chi connectivity index (χ0) is 14.5. The molecular weight excluding hydrogens is 312 g/mol. The number of sulfonamides is 1. The van der Waals surface area contributed by atoms with Gasteiger partial charge in [0.25, 0.3) is 0 Å². The third-order valence-electron chi connectivity index (χ3n) is 4.51. The van der Waals surface area contributed by atoms with Gasteiger partial charge in [-0.25, -0.2) is 13.1 Å². The molecular formula is C13H23ClN4O2S. The summed E-state index contributed by atoms with van der Waals surface area (Å²) < 4.78 is 29.7. The molecule has 21 heavy (non-hydrogen) atoms. The lowest BCUT2D eigenvalue weighted by Gasteiger charge is -2.29. The molecule has 2 aliphatic rings. The topological polar surface area (TPSA) is 76.0 Å². The molecule has 8 heteroatoms. The van der Waals surface area contributed by atoms with Crippen molar-refractivity contribution >= 4 is 22.4 Å². The first-order chi connectivity index (χ1) is 9.37. The second kappa shape index (κ2) is 5.87. The second-order valence-electron chi connectivity index (χ2n) is 6.05. The monoisotopic (exact) mass is 334 g/mol. The lowest BCUT2D eigenvalue weighted by atomic mass is 10.0. The lowest BCUT2D eigenvalue weighted by molar-refractivity contribution is 0.345. The molecule has 0 radical (unpaired) electrons. The number of piperidine rings is 1. The van der Waals surface area contributed by atoms with Gasteiger partial charge in [0, 0.05) is 25.2 Å². The molecule has 2 bridgehead atoms. The van der Waals surface area contributed by atoms with E-state index in [1.54, 1.807) is 25.6 Å². The average Bonchev–Trinajstić information content (AvgIpc) is 2.79. The van der Waals surface area contributed by atoms with Crippen molar-refractivity contribution in [2.24, 2.45) is 7.05 Å². The van der Waals surface area contributed by atoms with Crippen LogP contribution in [0.3, 0.4) is 0 Å². The van der Waals surface area contributed by atoms with Crippen LogP contribution >= 0.6 is 12.4 Å². The highest BCUT2D eigenvalue weighted by Crippen LogP contribution is 2.28. The number of nitrogens with one attached hydrogen (secondary N) is 2. The van der Waals surface area contributed by atoms with Crippen molar-refractivity contribution in [3.63, 3.8) is 0 Å². The van der Waals surface area contributed by atoms with E-state index in [2.05, 4.69) is 15.1 Å². The lowest BCUT2D eigenvalue weighted by Crippen LogP contribution is -2.48. The van der Waals surface area contributed by atoms with Gasteiger partial charge in [-0.1, -0.05) is 0 Å². The standard InChI is InChI=1S/C13H22N4O2S.ClH/c1-8-13(9(2)17(3)15-8)20(18,19)16-12-6-10-4-5-11(7-12)14-10;/h10-12,14,16H,4-7H2,1-3H3;1H. The van der Waals surface area contributed by atoms with Gasteiger partial charge in [-0.3, -0.25) is 4.68 Å². The van der Waals surface area contributed by atoms with E-state index < -0.39 is 10.0 Å². The van der Waals surface area contributed by atoms with Gasteiger partial charge in [0.05, 0.1) is 11.4 Å². The van der Waals surface area contributed by atoms with Crippen LogP contribution in [0.25, 0.3) is 0 Å². The summed E-state index contributed by atoms with van der Waals surface area (Å²) in [6.45, 7) is 3.54. The number of rotatable bonds is 3. The van der Waals surface area contributed by atoms with Gasteiger partial charge >= 0.3 is 0 Å². The third kappa shape index (κ3) is 3.11. The Morgan fingerprint density at radius 3 is 2.29 bits per heavy atom. The smallest absolute Gasteiger partial charge is 0.244 e. The molecule has 0 spiro atoms. The van der Waals surface area contributed by atoms with Crippen LogP contribution in [0.1, 0.15) is 37.1 Å². The fourth-order valence-corrected chi connectivity index (χ4v) is 5.27. The molecule has 2 fully saturated rings. The van der Waals surface area contributed by atoms with E-state index in [4.69, 9.17) is 0 Å². The number of hydrogen-bond acceptors (Lipinski definition) is 4. The molecule has 3 rings (SSSR count). The number of nitrogens with zero attached hydrogens (tertiary/aromatic N) is 2. The Balaban J connectivity index is 0.00000161.